The molecule has 0 spiro atoms. The summed E-state index contributed by atoms with van der Waals surface area (Å²) in [5, 5.41) is 53.5. The molecule has 9 nitrogen and oxygen atoms in total. The Kier molecular flexibility index (Phi) is 22.7. The van der Waals surface area contributed by atoms with Crippen LogP contribution in [0, 0.1) is 0 Å². The smallest absolute Gasteiger partial charge is 0.220 e. The van der Waals surface area contributed by atoms with E-state index in [4.69, 9.17) is 9.47 Å². The van der Waals surface area contributed by atoms with Gasteiger partial charge < -0.3 is 40.3 Å². The molecule has 7 atom stereocenters. The summed E-state index contributed by atoms with van der Waals surface area (Å²) in [6.07, 6.45) is 19.0. The van der Waals surface area contributed by atoms with Gasteiger partial charge in [-0.05, 0) is 44.9 Å². The van der Waals surface area contributed by atoms with Crippen molar-refractivity contribution in [3.8, 4) is 0 Å². The molecule has 0 aromatic rings. The summed E-state index contributed by atoms with van der Waals surface area (Å²) in [4.78, 5) is 12.7. The van der Waals surface area contributed by atoms with Crippen molar-refractivity contribution in [2.45, 2.75) is 153 Å². The van der Waals surface area contributed by atoms with E-state index in [-0.39, 0.29) is 12.5 Å². The Morgan fingerprint density at radius 1 is 0.833 bits per heavy atom. The highest BCUT2D eigenvalue weighted by atomic mass is 16.7. The summed E-state index contributed by atoms with van der Waals surface area (Å²) in [6.45, 7) is 3.58. The number of unbranched alkanes of at least 4 members (excludes halogenated alkanes) is 8. The number of hydrogen-bond acceptors (Lipinski definition) is 8. The van der Waals surface area contributed by atoms with Crippen LogP contribution in [0.15, 0.2) is 36.5 Å². The number of hydrogen-bond donors (Lipinski definition) is 6. The molecule has 0 bridgehead atoms. The number of allylic oxidation sites excluding steroid dienone is 6. The van der Waals surface area contributed by atoms with Crippen molar-refractivity contribution in [3.05, 3.63) is 36.5 Å². The Morgan fingerprint density at radius 3 is 2.17 bits per heavy atom. The van der Waals surface area contributed by atoms with E-state index >= 15 is 0 Å². The molecule has 1 aliphatic rings. The van der Waals surface area contributed by atoms with Crippen molar-refractivity contribution in [2.24, 2.45) is 0 Å². The number of nitrogens with one attached hydrogen (secondary N) is 1. The lowest BCUT2D eigenvalue weighted by Crippen LogP contribution is -2.60. The van der Waals surface area contributed by atoms with E-state index in [1.807, 2.05) is 0 Å². The van der Waals surface area contributed by atoms with E-state index in [9.17, 15) is 30.3 Å². The zero-order valence-electron chi connectivity index (χ0n) is 26.0. The number of aliphatic hydroxyl groups is 5. The maximum absolute atomic E-state index is 12.7. The summed E-state index contributed by atoms with van der Waals surface area (Å²) in [7, 11) is 0. The van der Waals surface area contributed by atoms with Gasteiger partial charge in [0, 0.05) is 6.42 Å². The van der Waals surface area contributed by atoms with Gasteiger partial charge in [-0.2, -0.15) is 0 Å². The van der Waals surface area contributed by atoms with Gasteiger partial charge in [0.15, 0.2) is 6.29 Å². The minimum Gasteiger partial charge on any atom is -0.394 e. The van der Waals surface area contributed by atoms with Gasteiger partial charge in [-0.3, -0.25) is 4.79 Å². The van der Waals surface area contributed by atoms with Crippen LogP contribution in [0.2, 0.25) is 0 Å². The average Bonchev–Trinajstić information content (AvgIpc) is 2.98. The SMILES string of the molecule is CC/C=C\C/C=C\C/C=C\CCCCCC(=O)NC(COC1OC(CO)C(O)C(O)C1O)C(O)CCCCCCCC. The topological polar surface area (TPSA) is 149 Å². The van der Waals surface area contributed by atoms with Crippen LogP contribution in [0.25, 0.3) is 0 Å². The lowest BCUT2D eigenvalue weighted by Gasteiger charge is -2.40. The molecule has 1 rings (SSSR count). The molecule has 1 aliphatic heterocycles. The highest BCUT2D eigenvalue weighted by molar-refractivity contribution is 5.76. The molecular formula is C33H59NO8. The van der Waals surface area contributed by atoms with E-state index < -0.39 is 49.5 Å². The van der Waals surface area contributed by atoms with E-state index in [2.05, 4.69) is 55.6 Å². The van der Waals surface area contributed by atoms with Gasteiger partial charge in [-0.15, -0.1) is 0 Å². The molecule has 6 N–H and O–H groups in total. The number of ether oxygens (including phenoxy) is 2. The van der Waals surface area contributed by atoms with Gasteiger partial charge in [0.25, 0.3) is 0 Å². The molecule has 9 heteroatoms. The quantitative estimate of drug-likeness (QED) is 0.0716. The molecule has 1 heterocycles. The van der Waals surface area contributed by atoms with Gasteiger partial charge >= 0.3 is 0 Å². The molecule has 244 valence electrons. The summed E-state index contributed by atoms with van der Waals surface area (Å²) in [5.74, 6) is -0.183. The standard InChI is InChI=1S/C33H59NO8/c1-3-5-7-9-11-12-13-14-15-16-17-19-21-23-29(37)34-26(27(36)22-20-18-10-8-6-4-2)25-41-33-32(40)31(39)30(38)28(24-35)42-33/h5,7,11-12,14-15,26-28,30-33,35-36,38-40H,3-4,6,8-10,13,16-25H2,1-2H3,(H,34,37)/b7-5-,12-11-,15-14-. The molecule has 0 aromatic carbocycles. The van der Waals surface area contributed by atoms with E-state index in [1.165, 1.54) is 6.42 Å². The van der Waals surface area contributed by atoms with Gasteiger partial charge in [-0.1, -0.05) is 95.2 Å². The highest BCUT2D eigenvalue weighted by Crippen LogP contribution is 2.22. The fraction of sp³-hybridized carbons (Fsp3) is 0.788. The second-order valence-corrected chi connectivity index (χ2v) is 11.2. The summed E-state index contributed by atoms with van der Waals surface area (Å²) < 4.78 is 11.1. The van der Waals surface area contributed by atoms with Crippen molar-refractivity contribution in [1.29, 1.82) is 0 Å². The molecule has 1 fully saturated rings. The van der Waals surface area contributed by atoms with E-state index in [0.29, 0.717) is 12.8 Å². The molecule has 0 saturated carbocycles. The zero-order valence-corrected chi connectivity index (χ0v) is 26.0. The minimum absolute atomic E-state index is 0.153. The van der Waals surface area contributed by atoms with Gasteiger partial charge in [0.2, 0.25) is 5.91 Å². The van der Waals surface area contributed by atoms with Crippen LogP contribution in [0.5, 0.6) is 0 Å². The van der Waals surface area contributed by atoms with Crippen LogP contribution < -0.4 is 5.32 Å². The molecule has 1 saturated heterocycles. The maximum Gasteiger partial charge on any atom is 0.220 e. The number of carbonyl (C=O) groups is 1. The lowest BCUT2D eigenvalue weighted by molar-refractivity contribution is -0.302. The Morgan fingerprint density at radius 2 is 1.48 bits per heavy atom. The zero-order chi connectivity index (χ0) is 31.0. The Hall–Kier alpha value is -1.59. The normalized spacial score (nSPS) is 24.6. The number of amides is 1. The summed E-state index contributed by atoms with van der Waals surface area (Å²) in [5.41, 5.74) is 0. The van der Waals surface area contributed by atoms with E-state index in [1.54, 1.807) is 0 Å². The van der Waals surface area contributed by atoms with Crippen LogP contribution >= 0.6 is 0 Å². The number of aliphatic hydroxyl groups excluding tert-OH is 5. The van der Waals surface area contributed by atoms with Crippen LogP contribution in [0.1, 0.15) is 110 Å². The Bertz CT molecular complexity index is 756. The highest BCUT2D eigenvalue weighted by Gasteiger charge is 2.44. The summed E-state index contributed by atoms with van der Waals surface area (Å²) >= 11 is 0. The predicted molar refractivity (Wildman–Crippen MR) is 166 cm³/mol. The third kappa shape index (κ3) is 16.9. The molecule has 42 heavy (non-hydrogen) atoms. The monoisotopic (exact) mass is 597 g/mol. The second kappa shape index (κ2) is 24.8. The lowest BCUT2D eigenvalue weighted by atomic mass is 9.99. The third-order valence-corrected chi connectivity index (χ3v) is 7.51. The number of rotatable bonds is 24. The van der Waals surface area contributed by atoms with Crippen molar-refractivity contribution in [3.63, 3.8) is 0 Å². The van der Waals surface area contributed by atoms with Crippen molar-refractivity contribution in [1.82, 2.24) is 5.32 Å². The molecule has 0 radical (unpaired) electrons. The molecule has 7 unspecified atom stereocenters. The van der Waals surface area contributed by atoms with Gasteiger partial charge in [-0.25, -0.2) is 0 Å². The van der Waals surface area contributed by atoms with Crippen molar-refractivity contribution in [2.75, 3.05) is 13.2 Å². The van der Waals surface area contributed by atoms with Gasteiger partial charge in [0.05, 0.1) is 25.4 Å². The first kappa shape index (κ1) is 38.4. The first-order valence-electron chi connectivity index (χ1n) is 16.2. The largest absolute Gasteiger partial charge is 0.394 e. The fourth-order valence-electron chi connectivity index (χ4n) is 4.82. The Balaban J connectivity index is 2.49. The predicted octanol–water partition coefficient (Wildman–Crippen LogP) is 4.21. The minimum atomic E-state index is -1.55. The fourth-order valence-corrected chi connectivity index (χ4v) is 4.82. The molecule has 1 amide bonds. The van der Waals surface area contributed by atoms with Gasteiger partial charge in [0.1, 0.15) is 24.4 Å². The van der Waals surface area contributed by atoms with Crippen LogP contribution in [-0.2, 0) is 14.3 Å². The molecular weight excluding hydrogens is 538 g/mol. The first-order chi connectivity index (χ1) is 20.3. The third-order valence-electron chi connectivity index (χ3n) is 7.51. The molecule has 0 aromatic heterocycles. The van der Waals surface area contributed by atoms with E-state index in [0.717, 1.165) is 77.0 Å². The van der Waals surface area contributed by atoms with Crippen molar-refractivity contribution < 1.29 is 39.8 Å². The summed E-state index contributed by atoms with van der Waals surface area (Å²) in [6, 6.07) is -0.728. The van der Waals surface area contributed by atoms with Crippen LogP contribution in [0.3, 0.4) is 0 Å². The van der Waals surface area contributed by atoms with Crippen molar-refractivity contribution >= 4 is 5.91 Å². The van der Waals surface area contributed by atoms with Crippen LogP contribution in [-0.4, -0.2) is 87.5 Å². The molecule has 0 aliphatic carbocycles. The second-order valence-electron chi connectivity index (χ2n) is 11.2. The number of carbonyl (C=O) groups excluding carboxylic acids is 1. The first-order valence-corrected chi connectivity index (χ1v) is 16.2. The Labute approximate surface area is 253 Å². The van der Waals surface area contributed by atoms with Crippen LogP contribution in [0.4, 0.5) is 0 Å². The maximum atomic E-state index is 12.7. The average molecular weight is 598 g/mol.